The van der Waals surface area contributed by atoms with E-state index in [-0.39, 0.29) is 5.54 Å². The van der Waals surface area contributed by atoms with Crippen molar-refractivity contribution in [2.45, 2.75) is 52.6 Å². The summed E-state index contributed by atoms with van der Waals surface area (Å²) < 4.78 is 2.17. The van der Waals surface area contributed by atoms with E-state index in [1.807, 2.05) is 24.5 Å². The molecule has 21 heavy (non-hydrogen) atoms. The molecule has 114 valence electrons. The second-order valence-corrected chi connectivity index (χ2v) is 6.78. The van der Waals surface area contributed by atoms with E-state index in [0.717, 1.165) is 35.9 Å². The van der Waals surface area contributed by atoms with Crippen LogP contribution in [0.25, 0.3) is 5.69 Å². The van der Waals surface area contributed by atoms with Crippen LogP contribution < -0.4 is 5.32 Å². The van der Waals surface area contributed by atoms with E-state index >= 15 is 0 Å². The fourth-order valence-electron chi connectivity index (χ4n) is 2.25. The number of rotatable bonds is 5. The minimum absolute atomic E-state index is 0.0702. The number of aryl methyl sites for hydroxylation is 1. The summed E-state index contributed by atoms with van der Waals surface area (Å²) in [6, 6.07) is 6.04. The predicted octanol–water partition coefficient (Wildman–Crippen LogP) is 4.37. The molecule has 1 heterocycles. The predicted molar refractivity (Wildman–Crippen MR) is 89.2 cm³/mol. The highest BCUT2D eigenvalue weighted by Gasteiger charge is 2.13. The molecule has 2 aromatic rings. The van der Waals surface area contributed by atoms with E-state index < -0.39 is 0 Å². The smallest absolute Gasteiger partial charge is 0.113 e. The summed E-state index contributed by atoms with van der Waals surface area (Å²) in [4.78, 5) is 4.46. The first-order chi connectivity index (χ1) is 9.90. The molecule has 3 nitrogen and oxygen atoms in total. The average Bonchev–Trinajstić information content (AvgIpc) is 2.84. The molecule has 0 bridgehead atoms. The molecule has 1 aromatic carbocycles. The summed E-state index contributed by atoms with van der Waals surface area (Å²) in [6.45, 7) is 9.44. The monoisotopic (exact) mass is 305 g/mol. The lowest BCUT2D eigenvalue weighted by Crippen LogP contribution is -2.35. The zero-order valence-corrected chi connectivity index (χ0v) is 14.0. The van der Waals surface area contributed by atoms with E-state index in [1.54, 1.807) is 0 Å². The molecule has 0 fully saturated rings. The lowest BCUT2D eigenvalue weighted by atomic mass is 10.1. The highest BCUT2D eigenvalue weighted by molar-refractivity contribution is 6.30. The molecular formula is C17H24ClN3. The maximum Gasteiger partial charge on any atom is 0.113 e. The largest absolute Gasteiger partial charge is 0.308 e. The Hall–Kier alpha value is -1.32. The number of benzene rings is 1. The molecule has 2 rings (SSSR count). The van der Waals surface area contributed by atoms with Gasteiger partial charge >= 0.3 is 0 Å². The van der Waals surface area contributed by atoms with Crippen molar-refractivity contribution >= 4 is 11.6 Å². The maximum absolute atomic E-state index is 6.18. The first-order valence-corrected chi connectivity index (χ1v) is 7.84. The van der Waals surface area contributed by atoms with Crippen LogP contribution in [0.5, 0.6) is 0 Å². The molecule has 0 amide bonds. The number of hydrogen-bond donors (Lipinski definition) is 1. The van der Waals surface area contributed by atoms with Gasteiger partial charge in [0.1, 0.15) is 5.82 Å². The normalized spacial score (nSPS) is 11.9. The van der Waals surface area contributed by atoms with Crippen molar-refractivity contribution in [3.05, 3.63) is 47.0 Å². The van der Waals surface area contributed by atoms with Crippen LogP contribution >= 0.6 is 11.6 Å². The van der Waals surface area contributed by atoms with Crippen molar-refractivity contribution in [3.63, 3.8) is 0 Å². The zero-order chi connectivity index (χ0) is 15.5. The highest BCUT2D eigenvalue weighted by atomic mass is 35.5. The first kappa shape index (κ1) is 16.1. The summed E-state index contributed by atoms with van der Waals surface area (Å²) in [5.41, 5.74) is 2.41. The fraction of sp³-hybridized carbons (Fsp3) is 0.471. The van der Waals surface area contributed by atoms with Gasteiger partial charge < -0.3 is 9.88 Å². The van der Waals surface area contributed by atoms with Gasteiger partial charge in [-0.3, -0.25) is 0 Å². The van der Waals surface area contributed by atoms with Crippen LogP contribution in [0.15, 0.2) is 30.6 Å². The van der Waals surface area contributed by atoms with Crippen LogP contribution in [0, 0.1) is 0 Å². The van der Waals surface area contributed by atoms with Gasteiger partial charge in [-0.2, -0.15) is 0 Å². The van der Waals surface area contributed by atoms with Gasteiger partial charge in [0, 0.05) is 35.9 Å². The maximum atomic E-state index is 6.18. The van der Waals surface area contributed by atoms with Gasteiger partial charge in [0.25, 0.3) is 0 Å². The van der Waals surface area contributed by atoms with Crippen LogP contribution in [-0.4, -0.2) is 15.1 Å². The van der Waals surface area contributed by atoms with E-state index in [2.05, 4.69) is 48.6 Å². The van der Waals surface area contributed by atoms with Gasteiger partial charge in [-0.05, 0) is 51.0 Å². The summed E-state index contributed by atoms with van der Waals surface area (Å²) in [5.74, 6) is 1.09. The van der Waals surface area contributed by atoms with Crippen LogP contribution in [0.2, 0.25) is 5.02 Å². The van der Waals surface area contributed by atoms with Crippen molar-refractivity contribution in [1.29, 1.82) is 0 Å². The average molecular weight is 306 g/mol. The van der Waals surface area contributed by atoms with Crippen molar-refractivity contribution in [1.82, 2.24) is 14.9 Å². The number of imidazole rings is 1. The Morgan fingerprint density at radius 2 is 2.05 bits per heavy atom. The second-order valence-electron chi connectivity index (χ2n) is 6.34. The molecule has 4 heteroatoms. The van der Waals surface area contributed by atoms with E-state index in [4.69, 9.17) is 11.6 Å². The molecule has 0 spiro atoms. The van der Waals surface area contributed by atoms with Crippen molar-refractivity contribution < 1.29 is 0 Å². The van der Waals surface area contributed by atoms with Crippen LogP contribution in [0.1, 0.15) is 45.5 Å². The van der Waals surface area contributed by atoms with E-state index in [0.29, 0.717) is 0 Å². The Balaban J connectivity index is 2.36. The number of nitrogens with zero attached hydrogens (tertiary/aromatic N) is 2. The molecule has 0 atom stereocenters. The Morgan fingerprint density at radius 3 is 2.71 bits per heavy atom. The first-order valence-electron chi connectivity index (χ1n) is 7.47. The molecular weight excluding hydrogens is 282 g/mol. The van der Waals surface area contributed by atoms with Gasteiger partial charge in [0.05, 0.1) is 5.69 Å². The second kappa shape index (κ2) is 6.63. The summed E-state index contributed by atoms with van der Waals surface area (Å²) >= 11 is 6.18. The third-order valence-electron chi connectivity index (χ3n) is 3.30. The Kier molecular flexibility index (Phi) is 5.07. The lowest BCUT2D eigenvalue weighted by molar-refractivity contribution is 0.424. The Labute approximate surface area is 132 Å². The minimum Gasteiger partial charge on any atom is -0.308 e. The number of aromatic nitrogens is 2. The van der Waals surface area contributed by atoms with Crippen LogP contribution in [0.3, 0.4) is 0 Å². The number of nitrogens with one attached hydrogen (secondary N) is 1. The Bertz CT molecular complexity index is 596. The number of halogens is 1. The van der Waals surface area contributed by atoms with Gasteiger partial charge in [0.15, 0.2) is 0 Å². The topological polar surface area (TPSA) is 29.9 Å². The van der Waals surface area contributed by atoms with Crippen LogP contribution in [0.4, 0.5) is 0 Å². The molecule has 0 aliphatic heterocycles. The molecule has 0 radical (unpaired) electrons. The highest BCUT2D eigenvalue weighted by Crippen LogP contribution is 2.22. The molecule has 0 saturated carbocycles. The molecule has 1 aromatic heterocycles. The molecule has 0 aliphatic rings. The molecule has 0 unspecified atom stereocenters. The molecule has 0 saturated heterocycles. The quantitative estimate of drug-likeness (QED) is 0.889. The summed E-state index contributed by atoms with van der Waals surface area (Å²) in [7, 11) is 0. The van der Waals surface area contributed by atoms with Gasteiger partial charge in [0.2, 0.25) is 0 Å². The van der Waals surface area contributed by atoms with E-state index in [1.165, 1.54) is 5.56 Å². The van der Waals surface area contributed by atoms with E-state index in [9.17, 15) is 0 Å². The minimum atomic E-state index is 0.0702. The van der Waals surface area contributed by atoms with Crippen molar-refractivity contribution in [2.24, 2.45) is 0 Å². The molecule has 1 N–H and O–H groups in total. The van der Waals surface area contributed by atoms with Crippen molar-refractivity contribution in [2.75, 3.05) is 0 Å². The van der Waals surface area contributed by atoms with Crippen molar-refractivity contribution in [3.8, 4) is 5.69 Å². The third-order valence-corrected chi connectivity index (χ3v) is 3.54. The Morgan fingerprint density at radius 1 is 1.29 bits per heavy atom. The van der Waals surface area contributed by atoms with Crippen LogP contribution in [-0.2, 0) is 13.0 Å². The van der Waals surface area contributed by atoms with Gasteiger partial charge in [-0.25, -0.2) is 4.98 Å². The van der Waals surface area contributed by atoms with Gasteiger partial charge in [-0.15, -0.1) is 0 Å². The third kappa shape index (κ3) is 4.32. The fourth-order valence-corrected chi connectivity index (χ4v) is 2.45. The number of hydrogen-bond acceptors (Lipinski definition) is 2. The standard InChI is InChI=1S/C17H24ClN3/c1-5-6-16-19-9-10-21(16)15-8-7-14(18)11-13(15)12-20-17(2,3)4/h7-11,20H,5-6,12H2,1-4H3. The molecule has 0 aliphatic carbocycles. The SMILES string of the molecule is CCCc1nccn1-c1ccc(Cl)cc1CNC(C)(C)C. The zero-order valence-electron chi connectivity index (χ0n) is 13.3. The lowest BCUT2D eigenvalue weighted by Gasteiger charge is -2.22. The van der Waals surface area contributed by atoms with Gasteiger partial charge in [-0.1, -0.05) is 18.5 Å². The summed E-state index contributed by atoms with van der Waals surface area (Å²) in [6.07, 6.45) is 5.94. The summed E-state index contributed by atoms with van der Waals surface area (Å²) in [5, 5.41) is 4.29.